The van der Waals surface area contributed by atoms with Crippen molar-refractivity contribution in [2.75, 3.05) is 19.7 Å². The van der Waals surface area contributed by atoms with Crippen molar-refractivity contribution < 1.29 is 19.1 Å². The average molecular weight is 318 g/mol. The van der Waals surface area contributed by atoms with Crippen LogP contribution in [-0.4, -0.2) is 47.3 Å². The molecule has 3 rings (SSSR count). The summed E-state index contributed by atoms with van der Waals surface area (Å²) in [4.78, 5) is 40.5. The minimum absolute atomic E-state index is 0.0253. The monoisotopic (exact) mass is 318 g/mol. The highest BCUT2D eigenvalue weighted by Crippen LogP contribution is 2.57. The van der Waals surface area contributed by atoms with Crippen molar-refractivity contribution in [3.63, 3.8) is 0 Å². The van der Waals surface area contributed by atoms with E-state index in [2.05, 4.69) is 0 Å². The Morgan fingerprint density at radius 1 is 1.26 bits per heavy atom. The van der Waals surface area contributed by atoms with Gasteiger partial charge in [0.2, 0.25) is 5.91 Å². The number of fused-ring (bicyclic) bond motifs is 1. The standard InChI is InChI=1S/C17H22N2O4/c1-3-18-12-16(17(14(18)21)7-5-6-13(17)20)8-10-19(11-9-16)15(22)23-4-2/h8-11H,3-7,12H2,1-2H3. The van der Waals surface area contributed by atoms with Crippen LogP contribution in [0.25, 0.3) is 0 Å². The van der Waals surface area contributed by atoms with E-state index < -0.39 is 16.9 Å². The van der Waals surface area contributed by atoms with Gasteiger partial charge in [0.05, 0.1) is 6.61 Å². The van der Waals surface area contributed by atoms with E-state index in [0.717, 1.165) is 6.42 Å². The van der Waals surface area contributed by atoms with Crippen LogP contribution >= 0.6 is 0 Å². The Kier molecular flexibility index (Phi) is 3.78. The van der Waals surface area contributed by atoms with E-state index in [1.807, 2.05) is 19.1 Å². The summed E-state index contributed by atoms with van der Waals surface area (Å²) in [5.41, 5.74) is -1.65. The lowest BCUT2D eigenvalue weighted by molar-refractivity contribution is -0.144. The van der Waals surface area contributed by atoms with E-state index in [0.29, 0.717) is 32.5 Å². The number of hydrogen-bond acceptors (Lipinski definition) is 4. The largest absolute Gasteiger partial charge is 0.449 e. The van der Waals surface area contributed by atoms with E-state index in [-0.39, 0.29) is 11.7 Å². The van der Waals surface area contributed by atoms with Crippen molar-refractivity contribution in [1.82, 2.24) is 9.80 Å². The van der Waals surface area contributed by atoms with E-state index in [1.54, 1.807) is 24.2 Å². The molecular formula is C17H22N2O4. The Morgan fingerprint density at radius 2 is 1.96 bits per heavy atom. The molecule has 0 bridgehead atoms. The number of rotatable bonds is 2. The maximum atomic E-state index is 12.9. The number of likely N-dealkylation sites (tertiary alicyclic amines) is 1. The molecule has 2 heterocycles. The van der Waals surface area contributed by atoms with Gasteiger partial charge < -0.3 is 9.64 Å². The number of hydrogen-bond donors (Lipinski definition) is 0. The van der Waals surface area contributed by atoms with Crippen molar-refractivity contribution in [3.8, 4) is 0 Å². The number of carbonyl (C=O) groups is 3. The molecule has 2 spiro atoms. The maximum absolute atomic E-state index is 12.9. The number of ketones is 1. The summed E-state index contributed by atoms with van der Waals surface area (Å²) in [6, 6.07) is 0. The topological polar surface area (TPSA) is 66.9 Å². The number of Topliss-reactive ketones (excluding diaryl/α,β-unsaturated/α-hetero) is 1. The molecule has 0 radical (unpaired) electrons. The van der Waals surface area contributed by atoms with Gasteiger partial charge in [0, 0.05) is 37.3 Å². The second kappa shape index (κ2) is 5.51. The first-order valence-corrected chi connectivity index (χ1v) is 8.17. The molecule has 0 N–H and O–H groups in total. The fourth-order valence-corrected chi connectivity index (χ4v) is 4.07. The van der Waals surface area contributed by atoms with Gasteiger partial charge in [0.15, 0.2) is 0 Å². The number of nitrogens with zero attached hydrogens (tertiary/aromatic N) is 2. The van der Waals surface area contributed by atoms with Crippen molar-refractivity contribution >= 4 is 17.8 Å². The third-order valence-electron chi connectivity index (χ3n) is 5.26. The summed E-state index contributed by atoms with van der Waals surface area (Å²) in [6.07, 6.45) is 8.23. The maximum Gasteiger partial charge on any atom is 0.417 e. The molecule has 0 aromatic heterocycles. The van der Waals surface area contributed by atoms with Gasteiger partial charge in [0.1, 0.15) is 11.2 Å². The molecule has 1 aliphatic carbocycles. The number of carbonyl (C=O) groups excluding carboxylic acids is 3. The fourth-order valence-electron chi connectivity index (χ4n) is 4.07. The van der Waals surface area contributed by atoms with Crippen LogP contribution in [0, 0.1) is 10.8 Å². The van der Waals surface area contributed by atoms with Crippen LogP contribution in [0.3, 0.4) is 0 Å². The van der Waals surface area contributed by atoms with E-state index in [1.165, 1.54) is 4.90 Å². The third kappa shape index (κ3) is 2.04. The summed E-state index contributed by atoms with van der Waals surface area (Å²) in [7, 11) is 0. The number of ether oxygens (including phenoxy) is 1. The first-order valence-electron chi connectivity index (χ1n) is 8.17. The third-order valence-corrected chi connectivity index (χ3v) is 5.26. The van der Waals surface area contributed by atoms with Crippen molar-refractivity contribution in [3.05, 3.63) is 24.6 Å². The molecule has 0 aromatic carbocycles. The van der Waals surface area contributed by atoms with Gasteiger partial charge in [-0.2, -0.15) is 0 Å². The molecule has 2 fully saturated rings. The molecular weight excluding hydrogens is 296 g/mol. The second-order valence-electron chi connectivity index (χ2n) is 6.28. The molecule has 6 nitrogen and oxygen atoms in total. The summed E-state index contributed by atoms with van der Waals surface area (Å²) in [5, 5.41) is 0. The number of amides is 2. The minimum atomic E-state index is -0.989. The highest BCUT2D eigenvalue weighted by Gasteiger charge is 2.66. The van der Waals surface area contributed by atoms with Crippen LogP contribution in [0.1, 0.15) is 33.1 Å². The van der Waals surface area contributed by atoms with Gasteiger partial charge in [-0.15, -0.1) is 0 Å². The Bertz CT molecular complexity index is 596. The first-order chi connectivity index (χ1) is 11.0. The second-order valence-corrected chi connectivity index (χ2v) is 6.28. The SMILES string of the molecule is CCOC(=O)N1C=CC2(C=C1)CN(CC)C(=O)C21CCCC1=O. The predicted octanol–water partition coefficient (Wildman–Crippen LogP) is 2.07. The van der Waals surface area contributed by atoms with Crippen LogP contribution < -0.4 is 0 Å². The van der Waals surface area contributed by atoms with Crippen LogP contribution in [0.15, 0.2) is 24.6 Å². The zero-order chi connectivity index (χ0) is 16.7. The van der Waals surface area contributed by atoms with Gasteiger partial charge in [-0.1, -0.05) is 12.2 Å². The quantitative estimate of drug-likeness (QED) is 0.731. The van der Waals surface area contributed by atoms with Gasteiger partial charge >= 0.3 is 6.09 Å². The Labute approximate surface area is 135 Å². The molecule has 1 atom stereocenters. The predicted molar refractivity (Wildman–Crippen MR) is 83.1 cm³/mol. The zero-order valence-electron chi connectivity index (χ0n) is 13.6. The highest BCUT2D eigenvalue weighted by atomic mass is 16.6. The van der Waals surface area contributed by atoms with Gasteiger partial charge in [-0.3, -0.25) is 14.5 Å². The Balaban J connectivity index is 1.97. The summed E-state index contributed by atoms with van der Waals surface area (Å²) in [5.74, 6) is -0.0429. The minimum Gasteiger partial charge on any atom is -0.449 e. The molecule has 23 heavy (non-hydrogen) atoms. The molecule has 1 saturated heterocycles. The Morgan fingerprint density at radius 3 is 2.48 bits per heavy atom. The van der Waals surface area contributed by atoms with Crippen molar-refractivity contribution in [1.29, 1.82) is 0 Å². The lowest BCUT2D eigenvalue weighted by Gasteiger charge is -2.37. The Hall–Kier alpha value is -2.11. The van der Waals surface area contributed by atoms with Crippen LogP contribution in [0.4, 0.5) is 4.79 Å². The smallest absolute Gasteiger partial charge is 0.417 e. The van der Waals surface area contributed by atoms with E-state index in [4.69, 9.17) is 4.74 Å². The molecule has 1 unspecified atom stereocenters. The van der Waals surface area contributed by atoms with Crippen molar-refractivity contribution in [2.45, 2.75) is 33.1 Å². The summed E-state index contributed by atoms with van der Waals surface area (Å²) < 4.78 is 4.97. The van der Waals surface area contributed by atoms with Gasteiger partial charge in [-0.05, 0) is 26.7 Å². The molecule has 3 aliphatic rings. The molecule has 6 heteroatoms. The van der Waals surface area contributed by atoms with Crippen LogP contribution in [0.2, 0.25) is 0 Å². The molecule has 124 valence electrons. The molecule has 0 aromatic rings. The zero-order valence-corrected chi connectivity index (χ0v) is 13.6. The average Bonchev–Trinajstić information content (AvgIpc) is 3.04. The highest BCUT2D eigenvalue weighted by molar-refractivity contribution is 6.10. The van der Waals surface area contributed by atoms with Crippen LogP contribution in [-0.2, 0) is 14.3 Å². The summed E-state index contributed by atoms with van der Waals surface area (Å²) >= 11 is 0. The lowest BCUT2D eigenvalue weighted by atomic mass is 9.63. The van der Waals surface area contributed by atoms with Crippen molar-refractivity contribution in [2.24, 2.45) is 10.8 Å². The fraction of sp³-hybridized carbons (Fsp3) is 0.588. The van der Waals surface area contributed by atoms with Gasteiger partial charge in [-0.25, -0.2) is 4.79 Å². The van der Waals surface area contributed by atoms with Gasteiger partial charge in [0.25, 0.3) is 0 Å². The molecule has 2 amide bonds. The lowest BCUT2D eigenvalue weighted by Crippen LogP contribution is -2.46. The van der Waals surface area contributed by atoms with E-state index >= 15 is 0 Å². The first kappa shape index (κ1) is 15.8. The van der Waals surface area contributed by atoms with Crippen LogP contribution in [0.5, 0.6) is 0 Å². The van der Waals surface area contributed by atoms with E-state index in [9.17, 15) is 14.4 Å². The molecule has 1 saturated carbocycles. The normalized spacial score (nSPS) is 28.4. The molecule has 2 aliphatic heterocycles. The summed E-state index contributed by atoms with van der Waals surface area (Å²) in [6.45, 7) is 5.03.